The molecule has 1 aliphatic heterocycles. The minimum Gasteiger partial charge on any atom is -0.350 e. The van der Waals surface area contributed by atoms with E-state index in [4.69, 9.17) is 5.73 Å². The van der Waals surface area contributed by atoms with Crippen molar-refractivity contribution in [3.8, 4) is 0 Å². The van der Waals surface area contributed by atoms with Crippen LogP contribution in [0, 0.1) is 24.7 Å². The normalized spacial score (nSPS) is 16.7. The van der Waals surface area contributed by atoms with E-state index < -0.39 is 12.1 Å². The number of nitrogens with two attached hydrogens (primary N) is 1. The Kier molecular flexibility index (Phi) is 9.69. The van der Waals surface area contributed by atoms with Crippen LogP contribution in [0.2, 0.25) is 0 Å². The van der Waals surface area contributed by atoms with E-state index in [-0.39, 0.29) is 29.6 Å². The fourth-order valence-corrected chi connectivity index (χ4v) is 4.02. The minimum absolute atomic E-state index is 0.0342. The molecule has 7 nitrogen and oxygen atoms in total. The lowest BCUT2D eigenvalue weighted by Crippen LogP contribution is -2.53. The van der Waals surface area contributed by atoms with Crippen LogP contribution in [0.5, 0.6) is 0 Å². The van der Waals surface area contributed by atoms with Gasteiger partial charge in [0.25, 0.3) is 0 Å². The highest BCUT2D eigenvalue weighted by atomic mass is 16.2. The number of rotatable bonds is 9. The summed E-state index contributed by atoms with van der Waals surface area (Å²) < 4.78 is 0. The first-order chi connectivity index (χ1) is 15.1. The summed E-state index contributed by atoms with van der Waals surface area (Å²) in [7, 11) is 0. The lowest BCUT2D eigenvalue weighted by atomic mass is 9.93. The number of hydrogen-bond acceptors (Lipinski definition) is 4. The second-order valence-electron chi connectivity index (χ2n) is 9.77. The number of aryl methyl sites for hydroxylation is 1. The third kappa shape index (κ3) is 7.62. The second kappa shape index (κ2) is 12.0. The molecular weight excluding hydrogens is 404 g/mol. The molecule has 1 saturated heterocycles. The van der Waals surface area contributed by atoms with Crippen molar-refractivity contribution in [3.05, 3.63) is 35.4 Å². The Balaban J connectivity index is 1.85. The van der Waals surface area contributed by atoms with Crippen LogP contribution in [-0.4, -0.2) is 47.8 Å². The number of amides is 3. The van der Waals surface area contributed by atoms with E-state index in [1.807, 2.05) is 58.9 Å². The van der Waals surface area contributed by atoms with Gasteiger partial charge in [-0.1, -0.05) is 57.5 Å². The van der Waals surface area contributed by atoms with Crippen molar-refractivity contribution in [1.82, 2.24) is 15.5 Å². The molecule has 0 spiro atoms. The van der Waals surface area contributed by atoms with Gasteiger partial charge < -0.3 is 21.3 Å². The molecule has 7 heteroatoms. The monoisotopic (exact) mass is 444 g/mol. The van der Waals surface area contributed by atoms with Gasteiger partial charge in [0.15, 0.2) is 0 Å². The van der Waals surface area contributed by atoms with E-state index >= 15 is 0 Å². The SMILES string of the molecule is Cc1ccc(CNC(=O)[C@@H](NC(=O)C2CCN(C(=O)[C@@H](N)CC(C)C)CC2)C(C)C)cc1. The molecule has 0 aliphatic carbocycles. The lowest BCUT2D eigenvalue weighted by molar-refractivity contribution is -0.138. The Morgan fingerprint density at radius 3 is 2.19 bits per heavy atom. The largest absolute Gasteiger partial charge is 0.350 e. The molecule has 4 N–H and O–H groups in total. The molecule has 3 amide bonds. The first-order valence-electron chi connectivity index (χ1n) is 11.8. The summed E-state index contributed by atoms with van der Waals surface area (Å²) in [6.07, 6.45) is 1.83. The number of nitrogens with one attached hydrogen (secondary N) is 2. The zero-order chi connectivity index (χ0) is 23.8. The summed E-state index contributed by atoms with van der Waals surface area (Å²) >= 11 is 0. The molecule has 0 unspecified atom stereocenters. The molecule has 178 valence electrons. The van der Waals surface area contributed by atoms with Gasteiger partial charge in [0.1, 0.15) is 6.04 Å². The molecule has 1 fully saturated rings. The van der Waals surface area contributed by atoms with Gasteiger partial charge in [-0.2, -0.15) is 0 Å². The summed E-state index contributed by atoms with van der Waals surface area (Å²) in [5, 5.41) is 5.88. The van der Waals surface area contributed by atoms with Crippen LogP contribution < -0.4 is 16.4 Å². The van der Waals surface area contributed by atoms with Gasteiger partial charge in [-0.25, -0.2) is 0 Å². The van der Waals surface area contributed by atoms with Gasteiger partial charge in [-0.15, -0.1) is 0 Å². The zero-order valence-electron chi connectivity index (χ0n) is 20.2. The van der Waals surface area contributed by atoms with E-state index in [1.165, 1.54) is 5.56 Å². The van der Waals surface area contributed by atoms with E-state index in [2.05, 4.69) is 10.6 Å². The van der Waals surface area contributed by atoms with E-state index in [0.717, 1.165) is 5.56 Å². The number of nitrogens with zero attached hydrogens (tertiary/aromatic N) is 1. The topological polar surface area (TPSA) is 105 Å². The molecule has 0 aromatic heterocycles. The van der Waals surface area contributed by atoms with Crippen LogP contribution in [0.1, 0.15) is 58.1 Å². The fraction of sp³-hybridized carbons (Fsp3) is 0.640. The van der Waals surface area contributed by atoms with E-state index in [1.54, 1.807) is 4.90 Å². The van der Waals surface area contributed by atoms with Crippen LogP contribution in [0.15, 0.2) is 24.3 Å². The maximum atomic E-state index is 12.9. The highest BCUT2D eigenvalue weighted by Crippen LogP contribution is 2.20. The van der Waals surface area contributed by atoms with Crippen molar-refractivity contribution in [2.24, 2.45) is 23.5 Å². The molecule has 0 radical (unpaired) electrons. The van der Waals surface area contributed by atoms with Crippen molar-refractivity contribution in [2.75, 3.05) is 13.1 Å². The van der Waals surface area contributed by atoms with Crippen molar-refractivity contribution in [1.29, 1.82) is 0 Å². The Morgan fingerprint density at radius 2 is 1.66 bits per heavy atom. The molecule has 1 aromatic rings. The summed E-state index contributed by atoms with van der Waals surface area (Å²) in [6, 6.07) is 6.92. The zero-order valence-corrected chi connectivity index (χ0v) is 20.2. The van der Waals surface area contributed by atoms with Crippen molar-refractivity contribution >= 4 is 17.7 Å². The highest BCUT2D eigenvalue weighted by Gasteiger charge is 2.32. The van der Waals surface area contributed by atoms with Crippen LogP contribution in [0.4, 0.5) is 0 Å². The van der Waals surface area contributed by atoms with Gasteiger partial charge in [0, 0.05) is 25.6 Å². The summed E-state index contributed by atoms with van der Waals surface area (Å²) in [4.78, 5) is 39.9. The highest BCUT2D eigenvalue weighted by molar-refractivity contribution is 5.89. The average Bonchev–Trinajstić information content (AvgIpc) is 2.75. The third-order valence-electron chi connectivity index (χ3n) is 6.05. The Hall–Kier alpha value is -2.41. The van der Waals surface area contributed by atoms with Crippen LogP contribution in [0.3, 0.4) is 0 Å². The van der Waals surface area contributed by atoms with E-state index in [9.17, 15) is 14.4 Å². The minimum atomic E-state index is -0.591. The van der Waals surface area contributed by atoms with Gasteiger partial charge in [-0.3, -0.25) is 14.4 Å². The van der Waals surface area contributed by atoms with Gasteiger partial charge in [0.05, 0.1) is 6.04 Å². The smallest absolute Gasteiger partial charge is 0.243 e. The second-order valence-corrected chi connectivity index (χ2v) is 9.77. The first-order valence-corrected chi connectivity index (χ1v) is 11.8. The Morgan fingerprint density at radius 1 is 1.06 bits per heavy atom. The van der Waals surface area contributed by atoms with Crippen molar-refractivity contribution in [2.45, 2.75) is 72.5 Å². The number of carbonyl (C=O) groups excluding carboxylic acids is 3. The van der Waals surface area contributed by atoms with Crippen LogP contribution >= 0.6 is 0 Å². The quantitative estimate of drug-likeness (QED) is 0.544. The summed E-state index contributed by atoms with van der Waals surface area (Å²) in [6.45, 7) is 11.4. The number of piperidine rings is 1. The molecule has 2 atom stereocenters. The van der Waals surface area contributed by atoms with Crippen LogP contribution in [-0.2, 0) is 20.9 Å². The molecule has 2 rings (SSSR count). The van der Waals surface area contributed by atoms with Gasteiger partial charge >= 0.3 is 0 Å². The average molecular weight is 445 g/mol. The summed E-state index contributed by atoms with van der Waals surface area (Å²) in [5.74, 6) is -0.205. The number of benzene rings is 1. The molecule has 0 saturated carbocycles. The standard InChI is InChI=1S/C25H40N4O3/c1-16(2)14-21(26)25(32)29-12-10-20(11-13-29)23(30)28-22(17(3)4)24(31)27-15-19-8-6-18(5)7-9-19/h6-9,16-17,20-22H,10-15,26H2,1-5H3,(H,27,31)(H,28,30)/t21-,22-/m0/s1. The maximum Gasteiger partial charge on any atom is 0.243 e. The number of likely N-dealkylation sites (tertiary alicyclic amines) is 1. The molecular formula is C25H40N4O3. The Labute approximate surface area is 192 Å². The molecule has 0 bridgehead atoms. The van der Waals surface area contributed by atoms with Crippen LogP contribution in [0.25, 0.3) is 0 Å². The lowest BCUT2D eigenvalue weighted by Gasteiger charge is -2.34. The number of hydrogen-bond donors (Lipinski definition) is 3. The predicted octanol–water partition coefficient (Wildman–Crippen LogP) is 2.36. The molecule has 1 aromatic carbocycles. The molecule has 1 heterocycles. The summed E-state index contributed by atoms with van der Waals surface area (Å²) in [5.41, 5.74) is 8.23. The van der Waals surface area contributed by atoms with Gasteiger partial charge in [-0.05, 0) is 43.6 Å². The molecule has 1 aliphatic rings. The predicted molar refractivity (Wildman–Crippen MR) is 127 cm³/mol. The van der Waals surface area contributed by atoms with Crippen molar-refractivity contribution in [3.63, 3.8) is 0 Å². The number of carbonyl (C=O) groups is 3. The van der Waals surface area contributed by atoms with Gasteiger partial charge in [0.2, 0.25) is 17.7 Å². The van der Waals surface area contributed by atoms with E-state index in [0.29, 0.717) is 44.8 Å². The fourth-order valence-electron chi connectivity index (χ4n) is 4.02. The third-order valence-corrected chi connectivity index (χ3v) is 6.05. The molecule has 32 heavy (non-hydrogen) atoms. The first kappa shape index (κ1) is 25.8. The Bertz CT molecular complexity index is 768. The van der Waals surface area contributed by atoms with Crippen molar-refractivity contribution < 1.29 is 14.4 Å². The maximum absolute atomic E-state index is 12.9.